The highest BCUT2D eigenvalue weighted by Gasteiger charge is 2.24. The van der Waals surface area contributed by atoms with Crippen LogP contribution in [0.15, 0.2) is 42.5 Å². The van der Waals surface area contributed by atoms with E-state index >= 15 is 0 Å². The second kappa shape index (κ2) is 7.91. The summed E-state index contributed by atoms with van der Waals surface area (Å²) in [5.41, 5.74) is 0.737. The van der Waals surface area contributed by atoms with Crippen molar-refractivity contribution in [2.75, 3.05) is 0 Å². The highest BCUT2D eigenvalue weighted by atomic mass is 35.5. The van der Waals surface area contributed by atoms with Gasteiger partial charge in [-0.1, -0.05) is 30.7 Å². The van der Waals surface area contributed by atoms with E-state index in [1.165, 1.54) is 12.1 Å². The molecule has 6 heteroatoms. The van der Waals surface area contributed by atoms with Crippen molar-refractivity contribution in [1.29, 1.82) is 5.26 Å². The molecule has 0 saturated heterocycles. The van der Waals surface area contributed by atoms with Crippen LogP contribution >= 0.6 is 11.6 Å². The van der Waals surface area contributed by atoms with Crippen LogP contribution in [0.4, 0.5) is 4.39 Å². The van der Waals surface area contributed by atoms with Crippen LogP contribution < -0.4 is 5.32 Å². The fourth-order valence-corrected chi connectivity index (χ4v) is 2.45. The molecule has 0 aromatic heterocycles. The largest absolute Gasteiger partial charge is 0.349 e. The maximum atomic E-state index is 13.8. The molecule has 1 amide bonds. The number of nitriles is 1. The fraction of sp³-hybridized carbons (Fsp3) is 0.211. The van der Waals surface area contributed by atoms with Crippen molar-refractivity contribution >= 4 is 23.3 Å². The van der Waals surface area contributed by atoms with Gasteiger partial charge in [0.15, 0.2) is 5.78 Å². The van der Waals surface area contributed by atoms with E-state index in [1.54, 1.807) is 38.1 Å². The third kappa shape index (κ3) is 4.43. The van der Waals surface area contributed by atoms with Gasteiger partial charge in [-0.15, -0.1) is 0 Å². The fourth-order valence-electron chi connectivity index (χ4n) is 2.28. The first-order valence-corrected chi connectivity index (χ1v) is 8.01. The Bertz CT molecular complexity index is 843. The van der Waals surface area contributed by atoms with Gasteiger partial charge in [0.05, 0.1) is 17.2 Å². The van der Waals surface area contributed by atoms with Gasteiger partial charge < -0.3 is 5.32 Å². The zero-order valence-electron chi connectivity index (χ0n) is 13.7. The second-order valence-corrected chi connectivity index (χ2v) is 6.16. The summed E-state index contributed by atoms with van der Waals surface area (Å²) >= 11 is 5.79. The van der Waals surface area contributed by atoms with Crippen molar-refractivity contribution < 1.29 is 14.0 Å². The molecule has 2 unspecified atom stereocenters. The van der Waals surface area contributed by atoms with Gasteiger partial charge in [0.2, 0.25) is 0 Å². The summed E-state index contributed by atoms with van der Waals surface area (Å²) in [7, 11) is 0. The topological polar surface area (TPSA) is 70.0 Å². The predicted molar refractivity (Wildman–Crippen MR) is 93.0 cm³/mol. The van der Waals surface area contributed by atoms with Gasteiger partial charge >= 0.3 is 0 Å². The van der Waals surface area contributed by atoms with Gasteiger partial charge in [-0.2, -0.15) is 5.26 Å². The first-order valence-electron chi connectivity index (χ1n) is 7.63. The number of nitrogens with one attached hydrogen (secondary N) is 1. The maximum absolute atomic E-state index is 13.8. The van der Waals surface area contributed by atoms with Crippen molar-refractivity contribution in [2.24, 2.45) is 5.92 Å². The summed E-state index contributed by atoms with van der Waals surface area (Å²) < 4.78 is 13.8. The molecule has 2 aromatic rings. The highest BCUT2D eigenvalue weighted by molar-refractivity contribution is 6.31. The highest BCUT2D eigenvalue weighted by Crippen LogP contribution is 2.17. The Morgan fingerprint density at radius 1 is 1.16 bits per heavy atom. The van der Waals surface area contributed by atoms with Crippen LogP contribution in [-0.4, -0.2) is 17.7 Å². The normalized spacial score (nSPS) is 12.8. The van der Waals surface area contributed by atoms with E-state index < -0.39 is 23.7 Å². The Labute approximate surface area is 150 Å². The number of benzene rings is 2. The monoisotopic (exact) mass is 358 g/mol. The van der Waals surface area contributed by atoms with Crippen molar-refractivity contribution in [3.8, 4) is 6.07 Å². The molecule has 25 heavy (non-hydrogen) atoms. The summed E-state index contributed by atoms with van der Waals surface area (Å²) in [6, 6.07) is 11.4. The molecule has 0 bridgehead atoms. The number of nitrogens with zero attached hydrogens (tertiary/aromatic N) is 1. The third-order valence-electron chi connectivity index (χ3n) is 3.99. The average molecular weight is 359 g/mol. The van der Waals surface area contributed by atoms with E-state index in [1.807, 2.05) is 6.07 Å². The van der Waals surface area contributed by atoms with Gasteiger partial charge in [-0.05, 0) is 37.3 Å². The molecule has 0 fully saturated rings. The molecule has 0 heterocycles. The molecule has 0 aliphatic heterocycles. The Kier molecular flexibility index (Phi) is 5.89. The zero-order chi connectivity index (χ0) is 18.6. The lowest BCUT2D eigenvalue weighted by molar-refractivity contribution is 0.0867. The van der Waals surface area contributed by atoms with Crippen molar-refractivity contribution in [3.05, 3.63) is 70.0 Å². The quantitative estimate of drug-likeness (QED) is 0.821. The maximum Gasteiger partial charge on any atom is 0.254 e. The Morgan fingerprint density at radius 3 is 2.40 bits per heavy atom. The molecule has 0 radical (unpaired) electrons. The smallest absolute Gasteiger partial charge is 0.254 e. The van der Waals surface area contributed by atoms with E-state index in [2.05, 4.69) is 5.32 Å². The van der Waals surface area contributed by atoms with Gasteiger partial charge in [0.1, 0.15) is 5.82 Å². The van der Waals surface area contributed by atoms with Gasteiger partial charge in [0, 0.05) is 22.5 Å². The summed E-state index contributed by atoms with van der Waals surface area (Å²) in [4.78, 5) is 24.7. The third-order valence-corrected chi connectivity index (χ3v) is 4.23. The standard InChI is InChI=1S/C19H16ClFN2O2/c1-11(18(24)14-5-3-13(10-22)4-6-14)12(2)23-19(25)16-9-15(20)7-8-17(16)21/h3-9,11-12H,1-2H3,(H,23,25). The lowest BCUT2D eigenvalue weighted by atomic mass is 9.92. The van der Waals surface area contributed by atoms with Gasteiger partial charge in [-0.25, -0.2) is 4.39 Å². The summed E-state index contributed by atoms with van der Waals surface area (Å²) in [6.45, 7) is 3.35. The SMILES string of the molecule is CC(NC(=O)c1cc(Cl)ccc1F)C(C)C(=O)c1ccc(C#N)cc1. The number of carbonyl (C=O) groups is 2. The van der Waals surface area contributed by atoms with E-state index in [-0.39, 0.29) is 16.4 Å². The van der Waals surface area contributed by atoms with Crippen LogP contribution in [0.5, 0.6) is 0 Å². The van der Waals surface area contributed by atoms with E-state index in [9.17, 15) is 14.0 Å². The number of rotatable bonds is 5. The number of carbonyl (C=O) groups excluding carboxylic acids is 2. The van der Waals surface area contributed by atoms with Gasteiger partial charge in [0.25, 0.3) is 5.91 Å². The molecule has 1 N–H and O–H groups in total. The Morgan fingerprint density at radius 2 is 1.80 bits per heavy atom. The first-order chi connectivity index (χ1) is 11.8. The average Bonchev–Trinajstić information content (AvgIpc) is 2.62. The van der Waals surface area contributed by atoms with Crippen LogP contribution in [0, 0.1) is 23.1 Å². The van der Waals surface area contributed by atoms with Crippen LogP contribution in [0.1, 0.15) is 40.1 Å². The van der Waals surface area contributed by atoms with Crippen molar-refractivity contribution in [2.45, 2.75) is 19.9 Å². The Hall–Kier alpha value is -2.71. The number of hydrogen-bond acceptors (Lipinski definition) is 3. The minimum atomic E-state index is -0.680. The summed E-state index contributed by atoms with van der Waals surface area (Å²) in [5, 5.41) is 11.7. The zero-order valence-corrected chi connectivity index (χ0v) is 14.5. The van der Waals surface area contributed by atoms with E-state index in [0.717, 1.165) is 6.07 Å². The lowest BCUT2D eigenvalue weighted by Gasteiger charge is -2.20. The van der Waals surface area contributed by atoms with Crippen molar-refractivity contribution in [3.63, 3.8) is 0 Å². The number of hydrogen-bond donors (Lipinski definition) is 1. The molecule has 2 atom stereocenters. The van der Waals surface area contributed by atoms with Crippen LogP contribution in [0.2, 0.25) is 5.02 Å². The molecule has 0 aliphatic rings. The molecular formula is C19H16ClFN2O2. The number of ketones is 1. The summed E-state index contributed by atoms with van der Waals surface area (Å²) in [6.07, 6.45) is 0. The predicted octanol–water partition coefficient (Wildman–Crippen LogP) is 3.99. The minimum Gasteiger partial charge on any atom is -0.349 e. The van der Waals surface area contributed by atoms with Crippen LogP contribution in [0.3, 0.4) is 0 Å². The molecular weight excluding hydrogens is 343 g/mol. The van der Waals surface area contributed by atoms with Crippen molar-refractivity contribution in [1.82, 2.24) is 5.32 Å². The summed E-state index contributed by atoms with van der Waals surface area (Å²) in [5.74, 6) is -2.02. The molecule has 0 aliphatic carbocycles. The molecule has 2 aromatic carbocycles. The number of Topliss-reactive ketones (excluding diaryl/α,β-unsaturated/α-hetero) is 1. The molecule has 4 nitrogen and oxygen atoms in total. The molecule has 0 saturated carbocycles. The Balaban J connectivity index is 2.09. The van der Waals surface area contributed by atoms with E-state index in [0.29, 0.717) is 11.1 Å². The molecule has 0 spiro atoms. The second-order valence-electron chi connectivity index (χ2n) is 5.73. The molecule has 2 rings (SSSR count). The van der Waals surface area contributed by atoms with Crippen LogP contribution in [-0.2, 0) is 0 Å². The number of halogens is 2. The van der Waals surface area contributed by atoms with Gasteiger partial charge in [-0.3, -0.25) is 9.59 Å². The lowest BCUT2D eigenvalue weighted by Crippen LogP contribution is -2.40. The number of amides is 1. The first kappa shape index (κ1) is 18.6. The van der Waals surface area contributed by atoms with E-state index in [4.69, 9.17) is 16.9 Å². The minimum absolute atomic E-state index is 0.169. The van der Waals surface area contributed by atoms with Crippen LogP contribution in [0.25, 0.3) is 0 Å². The molecule has 128 valence electrons.